The van der Waals surface area contributed by atoms with Crippen molar-refractivity contribution in [3.8, 4) is 0 Å². The number of hydrogen-bond donors (Lipinski definition) is 2. The molecule has 0 heterocycles. The van der Waals surface area contributed by atoms with Gasteiger partial charge >= 0.3 is 0 Å². The largest absolute Gasteiger partial charge is 0.384 e. The molecule has 0 bridgehead atoms. The summed E-state index contributed by atoms with van der Waals surface area (Å²) in [6, 6.07) is 9.39. The van der Waals surface area contributed by atoms with Gasteiger partial charge in [0.25, 0.3) is 0 Å². The summed E-state index contributed by atoms with van der Waals surface area (Å²) < 4.78 is 0. The molecule has 1 rings (SSSR count). The summed E-state index contributed by atoms with van der Waals surface area (Å²) in [6.45, 7) is 0.343. The SMILES string of the molecule is NC(=O)CCN=C(N)c1ccccc1. The summed E-state index contributed by atoms with van der Waals surface area (Å²) in [5.74, 6) is 0.0708. The molecule has 4 heteroatoms. The van der Waals surface area contributed by atoms with Crippen LogP contribution in [0.15, 0.2) is 35.3 Å². The molecule has 74 valence electrons. The van der Waals surface area contributed by atoms with Crippen LogP contribution in [0.2, 0.25) is 0 Å². The van der Waals surface area contributed by atoms with E-state index < -0.39 is 0 Å². The van der Waals surface area contributed by atoms with E-state index in [1.165, 1.54) is 0 Å². The van der Waals surface area contributed by atoms with Crippen LogP contribution in [0, 0.1) is 0 Å². The molecular formula is C10H13N3O. The van der Waals surface area contributed by atoms with Gasteiger partial charge in [-0.1, -0.05) is 30.3 Å². The van der Waals surface area contributed by atoms with Gasteiger partial charge in [-0.3, -0.25) is 9.79 Å². The van der Waals surface area contributed by atoms with Crippen LogP contribution in [0.3, 0.4) is 0 Å². The number of amides is 1. The highest BCUT2D eigenvalue weighted by atomic mass is 16.1. The first-order valence-electron chi connectivity index (χ1n) is 4.34. The highest BCUT2D eigenvalue weighted by Gasteiger charge is 1.96. The van der Waals surface area contributed by atoms with Crippen molar-refractivity contribution in [1.29, 1.82) is 0 Å². The normalized spacial score (nSPS) is 11.3. The van der Waals surface area contributed by atoms with E-state index in [0.29, 0.717) is 12.4 Å². The first kappa shape index (κ1) is 10.2. The predicted molar refractivity (Wildman–Crippen MR) is 55.8 cm³/mol. The van der Waals surface area contributed by atoms with E-state index in [9.17, 15) is 4.79 Å². The first-order chi connectivity index (χ1) is 6.70. The Morgan fingerprint density at radius 2 is 1.86 bits per heavy atom. The van der Waals surface area contributed by atoms with E-state index in [1.54, 1.807) is 0 Å². The lowest BCUT2D eigenvalue weighted by atomic mass is 10.2. The Kier molecular flexibility index (Phi) is 3.67. The van der Waals surface area contributed by atoms with Crippen LogP contribution in [-0.4, -0.2) is 18.3 Å². The Bertz CT molecular complexity index is 332. The summed E-state index contributed by atoms with van der Waals surface area (Å²) in [4.78, 5) is 14.5. The van der Waals surface area contributed by atoms with E-state index in [4.69, 9.17) is 11.5 Å². The number of benzene rings is 1. The maximum Gasteiger partial charge on any atom is 0.219 e. The fraction of sp³-hybridized carbons (Fsp3) is 0.200. The van der Waals surface area contributed by atoms with Crippen LogP contribution in [0.5, 0.6) is 0 Å². The number of carbonyl (C=O) groups is 1. The van der Waals surface area contributed by atoms with Gasteiger partial charge in [0.1, 0.15) is 5.84 Å². The van der Waals surface area contributed by atoms with Crippen LogP contribution in [0.4, 0.5) is 0 Å². The summed E-state index contributed by atoms with van der Waals surface area (Å²) in [6.07, 6.45) is 0.230. The van der Waals surface area contributed by atoms with Gasteiger partial charge < -0.3 is 11.5 Å². The predicted octanol–water partition coefficient (Wildman–Crippen LogP) is 0.267. The van der Waals surface area contributed by atoms with Gasteiger partial charge in [0.2, 0.25) is 5.91 Å². The maximum absolute atomic E-state index is 10.4. The molecule has 1 aromatic rings. The number of amidine groups is 1. The third kappa shape index (κ3) is 3.26. The van der Waals surface area contributed by atoms with Crippen LogP contribution < -0.4 is 11.5 Å². The minimum absolute atomic E-state index is 0.230. The standard InChI is InChI=1S/C10H13N3O/c11-9(14)6-7-13-10(12)8-4-2-1-3-5-8/h1-5H,6-7H2,(H2,11,14)(H2,12,13). The van der Waals surface area contributed by atoms with Crippen molar-refractivity contribution >= 4 is 11.7 Å². The van der Waals surface area contributed by atoms with E-state index in [-0.39, 0.29) is 12.3 Å². The van der Waals surface area contributed by atoms with Crippen molar-refractivity contribution in [1.82, 2.24) is 0 Å². The van der Waals surface area contributed by atoms with Crippen molar-refractivity contribution in [2.45, 2.75) is 6.42 Å². The second kappa shape index (κ2) is 5.01. The van der Waals surface area contributed by atoms with Gasteiger partial charge in [0.15, 0.2) is 0 Å². The summed E-state index contributed by atoms with van der Waals surface area (Å²) in [7, 11) is 0. The first-order valence-corrected chi connectivity index (χ1v) is 4.34. The summed E-state index contributed by atoms with van der Waals surface area (Å²) in [5, 5.41) is 0. The second-order valence-electron chi connectivity index (χ2n) is 2.85. The van der Waals surface area contributed by atoms with Gasteiger partial charge in [0, 0.05) is 12.0 Å². The van der Waals surface area contributed by atoms with Crippen molar-refractivity contribution in [3.63, 3.8) is 0 Å². The Morgan fingerprint density at radius 3 is 2.43 bits per heavy atom. The molecule has 0 saturated carbocycles. The summed E-state index contributed by atoms with van der Waals surface area (Å²) in [5.41, 5.74) is 11.5. The Balaban J connectivity index is 2.57. The van der Waals surface area contributed by atoms with Gasteiger partial charge in [-0.15, -0.1) is 0 Å². The van der Waals surface area contributed by atoms with E-state index in [2.05, 4.69) is 4.99 Å². The van der Waals surface area contributed by atoms with E-state index in [0.717, 1.165) is 5.56 Å². The van der Waals surface area contributed by atoms with E-state index >= 15 is 0 Å². The Labute approximate surface area is 82.6 Å². The van der Waals surface area contributed by atoms with E-state index in [1.807, 2.05) is 30.3 Å². The molecule has 0 aliphatic heterocycles. The lowest BCUT2D eigenvalue weighted by Gasteiger charge is -1.99. The average Bonchev–Trinajstić information content (AvgIpc) is 2.18. The zero-order valence-corrected chi connectivity index (χ0v) is 7.81. The minimum Gasteiger partial charge on any atom is -0.384 e. The molecule has 4 N–H and O–H groups in total. The molecule has 0 aliphatic rings. The molecule has 0 fully saturated rings. The lowest BCUT2D eigenvalue weighted by molar-refractivity contribution is -0.117. The number of nitrogens with two attached hydrogens (primary N) is 2. The van der Waals surface area contributed by atoms with Gasteiger partial charge in [0.05, 0.1) is 6.54 Å². The van der Waals surface area contributed by atoms with Crippen LogP contribution >= 0.6 is 0 Å². The molecule has 0 atom stereocenters. The van der Waals surface area contributed by atoms with Crippen molar-refractivity contribution in [2.75, 3.05) is 6.54 Å². The fourth-order valence-corrected chi connectivity index (χ4v) is 0.987. The molecule has 0 radical (unpaired) electrons. The molecule has 0 aliphatic carbocycles. The molecule has 0 aromatic heterocycles. The van der Waals surface area contributed by atoms with Crippen LogP contribution in [-0.2, 0) is 4.79 Å². The highest BCUT2D eigenvalue weighted by molar-refractivity contribution is 5.97. The number of primary amides is 1. The number of nitrogens with zero attached hydrogens (tertiary/aromatic N) is 1. The molecule has 0 saturated heterocycles. The third-order valence-corrected chi connectivity index (χ3v) is 1.71. The summed E-state index contributed by atoms with van der Waals surface area (Å²) >= 11 is 0. The monoisotopic (exact) mass is 191 g/mol. The van der Waals surface area contributed by atoms with Gasteiger partial charge in [-0.25, -0.2) is 0 Å². The second-order valence-corrected chi connectivity index (χ2v) is 2.85. The third-order valence-electron chi connectivity index (χ3n) is 1.71. The van der Waals surface area contributed by atoms with Crippen LogP contribution in [0.1, 0.15) is 12.0 Å². The molecule has 14 heavy (non-hydrogen) atoms. The maximum atomic E-state index is 10.4. The smallest absolute Gasteiger partial charge is 0.219 e. The number of hydrogen-bond acceptors (Lipinski definition) is 2. The minimum atomic E-state index is -0.366. The van der Waals surface area contributed by atoms with Gasteiger partial charge in [-0.05, 0) is 0 Å². The van der Waals surface area contributed by atoms with Crippen LogP contribution in [0.25, 0.3) is 0 Å². The lowest BCUT2D eigenvalue weighted by Crippen LogP contribution is -2.16. The van der Waals surface area contributed by atoms with Gasteiger partial charge in [-0.2, -0.15) is 0 Å². The van der Waals surface area contributed by atoms with Crippen molar-refractivity contribution in [3.05, 3.63) is 35.9 Å². The molecular weight excluding hydrogens is 178 g/mol. The number of rotatable bonds is 4. The Morgan fingerprint density at radius 1 is 1.21 bits per heavy atom. The molecule has 4 nitrogen and oxygen atoms in total. The molecule has 0 spiro atoms. The molecule has 1 amide bonds. The van der Waals surface area contributed by atoms with Crippen molar-refractivity contribution < 1.29 is 4.79 Å². The quantitative estimate of drug-likeness (QED) is 0.529. The van der Waals surface area contributed by atoms with Crippen molar-refractivity contribution in [2.24, 2.45) is 16.5 Å². The average molecular weight is 191 g/mol. The number of carbonyl (C=O) groups excluding carboxylic acids is 1. The highest BCUT2D eigenvalue weighted by Crippen LogP contribution is 1.97. The molecule has 1 aromatic carbocycles. The zero-order chi connectivity index (χ0) is 10.4. The zero-order valence-electron chi connectivity index (χ0n) is 7.81. The molecule has 0 unspecified atom stereocenters. The topological polar surface area (TPSA) is 81.5 Å². The fourth-order valence-electron chi connectivity index (χ4n) is 0.987. The number of aliphatic imine (C=N–C) groups is 1. The Hall–Kier alpha value is -1.84.